The lowest BCUT2D eigenvalue weighted by molar-refractivity contribution is -0.383. The van der Waals surface area contributed by atoms with Gasteiger partial charge < -0.3 is 10.7 Å². The van der Waals surface area contributed by atoms with Crippen molar-refractivity contribution in [1.29, 1.82) is 0 Å². The van der Waals surface area contributed by atoms with E-state index in [2.05, 4.69) is 20.7 Å². The smallest absolute Gasteiger partial charge is 0.354 e. The van der Waals surface area contributed by atoms with Crippen molar-refractivity contribution in [2.75, 3.05) is 10.7 Å². The summed E-state index contributed by atoms with van der Waals surface area (Å²) in [6.45, 7) is 3.89. The number of nitro groups is 1. The van der Waals surface area contributed by atoms with E-state index in [0.717, 1.165) is 11.1 Å². The van der Waals surface area contributed by atoms with Crippen LogP contribution in [0.5, 0.6) is 0 Å². The Morgan fingerprint density at radius 3 is 2.43 bits per heavy atom. The Hall–Kier alpha value is -2.74. The highest BCUT2D eigenvalue weighted by molar-refractivity contribution is 5.69. The van der Waals surface area contributed by atoms with Crippen LogP contribution < -0.4 is 16.6 Å². The van der Waals surface area contributed by atoms with E-state index in [4.69, 9.17) is 5.84 Å². The molecule has 1 aromatic heterocycles. The number of nitrogens with two attached hydrogens (primary N) is 1. The maximum Gasteiger partial charge on any atom is 0.354 e. The second-order valence-electron chi connectivity index (χ2n) is 4.60. The minimum atomic E-state index is -0.570. The molecule has 1 unspecified atom stereocenters. The Kier molecular flexibility index (Phi) is 4.29. The summed E-state index contributed by atoms with van der Waals surface area (Å²) >= 11 is 0. The molecule has 21 heavy (non-hydrogen) atoms. The van der Waals surface area contributed by atoms with E-state index in [1.165, 1.54) is 6.33 Å². The van der Waals surface area contributed by atoms with E-state index >= 15 is 0 Å². The first-order chi connectivity index (χ1) is 10.0. The molecule has 1 aromatic carbocycles. The number of nitrogen functional groups attached to an aromatic ring is 1. The fraction of sp³-hybridized carbons (Fsp3) is 0.231. The predicted molar refractivity (Wildman–Crippen MR) is 79.7 cm³/mol. The fourth-order valence-corrected chi connectivity index (χ4v) is 1.91. The van der Waals surface area contributed by atoms with Crippen molar-refractivity contribution in [3.05, 3.63) is 51.8 Å². The topological polar surface area (TPSA) is 119 Å². The normalized spacial score (nSPS) is 11.8. The quantitative estimate of drug-likeness (QED) is 0.438. The molecule has 2 rings (SSSR count). The number of hydrazine groups is 1. The van der Waals surface area contributed by atoms with Crippen molar-refractivity contribution in [1.82, 2.24) is 9.97 Å². The average molecular weight is 288 g/mol. The highest BCUT2D eigenvalue weighted by Crippen LogP contribution is 2.30. The summed E-state index contributed by atoms with van der Waals surface area (Å²) in [7, 11) is 0. The van der Waals surface area contributed by atoms with Gasteiger partial charge in [0.05, 0.1) is 11.0 Å². The van der Waals surface area contributed by atoms with Crippen LogP contribution in [0.1, 0.15) is 24.1 Å². The monoisotopic (exact) mass is 288 g/mol. The average Bonchev–Trinajstić information content (AvgIpc) is 2.47. The molecule has 1 heterocycles. The van der Waals surface area contributed by atoms with Gasteiger partial charge in [-0.2, -0.15) is 0 Å². The summed E-state index contributed by atoms with van der Waals surface area (Å²) in [6, 6.07) is 7.73. The second kappa shape index (κ2) is 6.14. The van der Waals surface area contributed by atoms with Gasteiger partial charge >= 0.3 is 5.69 Å². The molecule has 0 spiro atoms. The lowest BCUT2D eigenvalue weighted by Crippen LogP contribution is -2.15. The van der Waals surface area contributed by atoms with Crippen molar-refractivity contribution < 1.29 is 4.92 Å². The summed E-state index contributed by atoms with van der Waals surface area (Å²) < 4.78 is 0. The van der Waals surface area contributed by atoms with Gasteiger partial charge in [0.1, 0.15) is 6.33 Å². The molecule has 110 valence electrons. The van der Waals surface area contributed by atoms with Crippen LogP contribution >= 0.6 is 0 Å². The lowest BCUT2D eigenvalue weighted by atomic mass is 10.1. The minimum Gasteiger partial charge on any atom is -0.358 e. The maximum absolute atomic E-state index is 11.2. The van der Waals surface area contributed by atoms with Gasteiger partial charge in [-0.3, -0.25) is 10.1 Å². The maximum atomic E-state index is 11.2. The molecule has 0 saturated heterocycles. The molecule has 0 saturated carbocycles. The van der Waals surface area contributed by atoms with Gasteiger partial charge in [-0.1, -0.05) is 29.8 Å². The highest BCUT2D eigenvalue weighted by Gasteiger charge is 2.23. The minimum absolute atomic E-state index is 0.0337. The first-order valence-electron chi connectivity index (χ1n) is 6.32. The van der Waals surface area contributed by atoms with Crippen LogP contribution in [0.2, 0.25) is 0 Å². The van der Waals surface area contributed by atoms with Crippen LogP contribution in [0.4, 0.5) is 17.3 Å². The van der Waals surface area contributed by atoms with Gasteiger partial charge in [0.15, 0.2) is 0 Å². The van der Waals surface area contributed by atoms with Crippen molar-refractivity contribution in [3.63, 3.8) is 0 Å². The third-order valence-corrected chi connectivity index (χ3v) is 3.07. The standard InChI is InChI=1S/C13H16N6O2/c1-8-3-5-10(6-4-8)9(2)17-12-11(19(20)21)13(18-14)16-7-15-12/h3-7,9H,14H2,1-2H3,(H2,15,16,17,18). The van der Waals surface area contributed by atoms with Gasteiger partial charge in [0.2, 0.25) is 11.6 Å². The largest absolute Gasteiger partial charge is 0.358 e. The van der Waals surface area contributed by atoms with Crippen molar-refractivity contribution in [2.45, 2.75) is 19.9 Å². The van der Waals surface area contributed by atoms with E-state index in [9.17, 15) is 10.1 Å². The Labute approximate surface area is 121 Å². The molecule has 0 aliphatic heterocycles. The number of hydrogen-bond donors (Lipinski definition) is 3. The summed E-state index contributed by atoms with van der Waals surface area (Å²) in [4.78, 5) is 18.3. The Balaban J connectivity index is 2.30. The lowest BCUT2D eigenvalue weighted by Gasteiger charge is -2.15. The number of aromatic nitrogens is 2. The molecule has 1 atom stereocenters. The van der Waals surface area contributed by atoms with Crippen LogP contribution in [0.3, 0.4) is 0 Å². The zero-order valence-electron chi connectivity index (χ0n) is 11.7. The van der Waals surface area contributed by atoms with Gasteiger partial charge in [-0.05, 0) is 19.4 Å². The summed E-state index contributed by atoms with van der Waals surface area (Å²) in [6.07, 6.45) is 1.21. The fourth-order valence-electron chi connectivity index (χ4n) is 1.91. The van der Waals surface area contributed by atoms with Gasteiger partial charge in [-0.25, -0.2) is 15.8 Å². The van der Waals surface area contributed by atoms with Gasteiger partial charge in [-0.15, -0.1) is 0 Å². The molecule has 0 aliphatic carbocycles. The number of nitrogens with zero attached hydrogens (tertiary/aromatic N) is 3. The van der Waals surface area contributed by atoms with Crippen molar-refractivity contribution >= 4 is 17.3 Å². The number of nitrogens with one attached hydrogen (secondary N) is 2. The highest BCUT2D eigenvalue weighted by atomic mass is 16.6. The molecule has 0 fully saturated rings. The molecule has 0 amide bonds. The third-order valence-electron chi connectivity index (χ3n) is 3.07. The van der Waals surface area contributed by atoms with Crippen LogP contribution in [-0.2, 0) is 0 Å². The second-order valence-corrected chi connectivity index (χ2v) is 4.60. The summed E-state index contributed by atoms with van der Waals surface area (Å²) in [5, 5.41) is 14.2. The van der Waals surface area contributed by atoms with Crippen LogP contribution in [0.25, 0.3) is 0 Å². The first kappa shape index (κ1) is 14.7. The summed E-state index contributed by atoms with van der Waals surface area (Å²) in [5.41, 5.74) is 4.07. The van der Waals surface area contributed by atoms with Crippen molar-refractivity contribution in [3.8, 4) is 0 Å². The van der Waals surface area contributed by atoms with E-state index in [1.807, 2.05) is 38.1 Å². The zero-order chi connectivity index (χ0) is 15.4. The Bertz CT molecular complexity index is 644. The SMILES string of the molecule is Cc1ccc(C(C)Nc2ncnc(NN)c2[N+](=O)[O-])cc1. The molecule has 8 nitrogen and oxygen atoms in total. The Morgan fingerprint density at radius 1 is 1.24 bits per heavy atom. The zero-order valence-corrected chi connectivity index (χ0v) is 11.7. The molecular weight excluding hydrogens is 272 g/mol. The Morgan fingerprint density at radius 2 is 1.86 bits per heavy atom. The number of rotatable bonds is 5. The van der Waals surface area contributed by atoms with E-state index < -0.39 is 4.92 Å². The third kappa shape index (κ3) is 3.23. The molecule has 0 radical (unpaired) electrons. The molecule has 0 bridgehead atoms. The van der Waals surface area contributed by atoms with E-state index in [1.54, 1.807) is 0 Å². The van der Waals surface area contributed by atoms with E-state index in [0.29, 0.717) is 0 Å². The molecule has 2 aromatic rings. The first-order valence-corrected chi connectivity index (χ1v) is 6.32. The van der Waals surface area contributed by atoms with Crippen LogP contribution in [0.15, 0.2) is 30.6 Å². The molecular formula is C13H16N6O2. The number of aryl methyl sites for hydroxylation is 1. The molecule has 4 N–H and O–H groups in total. The predicted octanol–water partition coefficient (Wildman–Crippen LogP) is 2.15. The molecule has 8 heteroatoms. The number of benzene rings is 1. The summed E-state index contributed by atoms with van der Waals surface area (Å²) in [5.74, 6) is 5.33. The number of anilines is 2. The van der Waals surface area contributed by atoms with Crippen molar-refractivity contribution in [2.24, 2.45) is 5.84 Å². The van der Waals surface area contributed by atoms with Gasteiger partial charge in [0, 0.05) is 0 Å². The number of hydrogen-bond acceptors (Lipinski definition) is 7. The van der Waals surface area contributed by atoms with E-state index in [-0.39, 0.29) is 23.4 Å². The van der Waals surface area contributed by atoms with Gasteiger partial charge in [0.25, 0.3) is 0 Å². The van der Waals surface area contributed by atoms with Crippen LogP contribution in [-0.4, -0.2) is 14.9 Å². The molecule has 0 aliphatic rings. The van der Waals surface area contributed by atoms with Crippen LogP contribution in [0, 0.1) is 17.0 Å².